The van der Waals surface area contributed by atoms with E-state index in [1.54, 1.807) is 20.9 Å². The van der Waals surface area contributed by atoms with Gasteiger partial charge in [0, 0.05) is 20.0 Å². The van der Waals surface area contributed by atoms with Crippen LogP contribution >= 0.6 is 0 Å². The molecule has 0 saturated carbocycles. The standard InChI is InChI=1S/C40H61N3O8/c1-9-27(2)35(42(7)26-32-21-14-11-15-22-32)37(47)43(8)36(28(3)17-16-18-29(4)44)38(48)51-40(39(49)50,24-30(5)45)25-34(46)33(41-6)23-31-19-12-10-13-20-31/h10-15,19-22,27-30,33,35-36,41,44-45H,9,16-18,23-26H2,1-8H3,(H,49,50)/t27-,28-,29?,30?,33-,35-,36-,40?/m0/s1. The van der Waals surface area contributed by atoms with E-state index in [0.29, 0.717) is 32.2 Å². The number of carbonyl (C=O) groups excluding carboxylic acids is 3. The third-order valence-electron chi connectivity index (χ3n) is 9.80. The molecule has 0 aromatic heterocycles. The average molecular weight is 712 g/mol. The van der Waals surface area contributed by atoms with Crippen LogP contribution in [0.3, 0.4) is 0 Å². The van der Waals surface area contributed by atoms with Gasteiger partial charge in [0.25, 0.3) is 0 Å². The van der Waals surface area contributed by atoms with Crippen molar-refractivity contribution in [3.8, 4) is 0 Å². The van der Waals surface area contributed by atoms with Crippen LogP contribution in [0.4, 0.5) is 0 Å². The summed E-state index contributed by atoms with van der Waals surface area (Å²) in [5, 5.41) is 34.0. The summed E-state index contributed by atoms with van der Waals surface area (Å²) in [5.41, 5.74) is -0.513. The van der Waals surface area contributed by atoms with Crippen molar-refractivity contribution in [3.63, 3.8) is 0 Å². The summed E-state index contributed by atoms with van der Waals surface area (Å²) in [6, 6.07) is 16.4. The van der Waals surface area contributed by atoms with Gasteiger partial charge in [-0.15, -0.1) is 0 Å². The Labute approximate surface area is 304 Å². The Morgan fingerprint density at radius 2 is 1.39 bits per heavy atom. The largest absolute Gasteiger partial charge is 0.478 e. The molecule has 0 heterocycles. The maximum absolute atomic E-state index is 14.5. The van der Waals surface area contributed by atoms with E-state index in [4.69, 9.17) is 4.74 Å². The number of benzene rings is 2. The van der Waals surface area contributed by atoms with E-state index in [1.165, 1.54) is 18.9 Å². The monoisotopic (exact) mass is 711 g/mol. The predicted molar refractivity (Wildman–Crippen MR) is 198 cm³/mol. The van der Waals surface area contributed by atoms with Gasteiger partial charge in [0.15, 0.2) is 5.78 Å². The van der Waals surface area contributed by atoms with Gasteiger partial charge in [0.1, 0.15) is 6.04 Å². The van der Waals surface area contributed by atoms with E-state index < -0.39 is 72.4 Å². The Bertz CT molecular complexity index is 1370. The molecule has 0 bridgehead atoms. The third-order valence-corrected chi connectivity index (χ3v) is 9.80. The minimum Gasteiger partial charge on any atom is -0.478 e. The molecule has 0 aliphatic rings. The van der Waals surface area contributed by atoms with Gasteiger partial charge >= 0.3 is 11.9 Å². The van der Waals surface area contributed by atoms with Gasteiger partial charge in [-0.25, -0.2) is 9.59 Å². The number of carboxylic acids is 1. The molecular formula is C40H61N3O8. The molecule has 0 aliphatic heterocycles. The number of aliphatic carboxylic acids is 1. The van der Waals surface area contributed by atoms with Crippen molar-refractivity contribution in [2.45, 2.75) is 122 Å². The number of Topliss-reactive ketones (excluding diaryl/α,β-unsaturated/α-hetero) is 1. The Hall–Kier alpha value is -3.64. The number of ether oxygens (including phenoxy) is 1. The molecule has 3 unspecified atom stereocenters. The Kier molecular flexibility index (Phi) is 17.9. The Balaban J connectivity index is 2.52. The maximum atomic E-state index is 14.5. The molecule has 1 amide bonds. The van der Waals surface area contributed by atoms with Crippen molar-refractivity contribution in [1.29, 1.82) is 0 Å². The molecule has 51 heavy (non-hydrogen) atoms. The summed E-state index contributed by atoms with van der Waals surface area (Å²) in [7, 11) is 5.00. The summed E-state index contributed by atoms with van der Waals surface area (Å²) >= 11 is 0. The topological polar surface area (TPSA) is 157 Å². The smallest absolute Gasteiger partial charge is 0.348 e. The van der Waals surface area contributed by atoms with Crippen molar-refractivity contribution < 1.29 is 39.2 Å². The molecule has 2 aromatic carbocycles. The number of amides is 1. The van der Waals surface area contributed by atoms with Crippen LogP contribution in [0.15, 0.2) is 60.7 Å². The second kappa shape index (κ2) is 21.0. The van der Waals surface area contributed by atoms with Gasteiger partial charge < -0.3 is 30.3 Å². The summed E-state index contributed by atoms with van der Waals surface area (Å²) in [4.78, 5) is 59.0. The highest BCUT2D eigenvalue weighted by Gasteiger charge is 2.49. The van der Waals surface area contributed by atoms with E-state index in [1.807, 2.05) is 86.5 Å². The maximum Gasteiger partial charge on any atom is 0.348 e. The number of hydrogen-bond donors (Lipinski definition) is 4. The third kappa shape index (κ3) is 13.1. The first-order chi connectivity index (χ1) is 24.1. The minimum absolute atomic E-state index is 0.0926. The zero-order valence-corrected chi connectivity index (χ0v) is 31.7. The fourth-order valence-corrected chi connectivity index (χ4v) is 6.79. The molecule has 11 heteroatoms. The normalized spacial score (nSPS) is 16.9. The second-order valence-corrected chi connectivity index (χ2v) is 14.3. The van der Waals surface area contributed by atoms with E-state index in [2.05, 4.69) is 5.32 Å². The molecule has 0 fully saturated rings. The number of likely N-dealkylation sites (N-methyl/N-ethyl adjacent to an activating group) is 3. The van der Waals surface area contributed by atoms with Crippen LogP contribution in [0.1, 0.15) is 84.3 Å². The lowest BCUT2D eigenvalue weighted by Gasteiger charge is -2.40. The molecule has 284 valence electrons. The van der Waals surface area contributed by atoms with Crippen LogP contribution in [0.2, 0.25) is 0 Å². The summed E-state index contributed by atoms with van der Waals surface area (Å²) in [6.45, 7) is 9.31. The van der Waals surface area contributed by atoms with Crippen LogP contribution < -0.4 is 5.32 Å². The van der Waals surface area contributed by atoms with Crippen LogP contribution in [0.5, 0.6) is 0 Å². The number of nitrogens with zero attached hydrogens (tertiary/aromatic N) is 2. The van der Waals surface area contributed by atoms with E-state index in [0.717, 1.165) is 11.1 Å². The number of carboxylic acid groups (broad SMARTS) is 1. The van der Waals surface area contributed by atoms with Crippen molar-refractivity contribution >= 4 is 23.6 Å². The lowest BCUT2D eigenvalue weighted by atomic mass is 9.86. The second-order valence-electron chi connectivity index (χ2n) is 14.3. The van der Waals surface area contributed by atoms with Crippen LogP contribution in [-0.2, 0) is 36.9 Å². The number of rotatable bonds is 23. The first-order valence-corrected chi connectivity index (χ1v) is 18.1. The van der Waals surface area contributed by atoms with Crippen LogP contribution in [-0.4, -0.2) is 106 Å². The van der Waals surface area contributed by atoms with Crippen molar-refractivity contribution in [1.82, 2.24) is 15.1 Å². The highest BCUT2D eigenvalue weighted by Crippen LogP contribution is 2.30. The van der Waals surface area contributed by atoms with Gasteiger partial charge in [0.2, 0.25) is 11.5 Å². The van der Waals surface area contributed by atoms with E-state index in [9.17, 15) is 34.5 Å². The SMILES string of the molecule is CC[C@H](C)[C@@H](C(=O)N(C)[C@H](C(=O)OC(CC(=O)[C@H](Cc1ccccc1)NC)(CC(C)O)C(=O)O)[C@@H](C)CCCC(C)O)N(C)Cc1ccccc1. The molecule has 0 radical (unpaired) electrons. The first-order valence-electron chi connectivity index (χ1n) is 18.1. The van der Waals surface area contributed by atoms with Gasteiger partial charge in [-0.1, -0.05) is 94.3 Å². The van der Waals surface area contributed by atoms with Gasteiger partial charge in [-0.2, -0.15) is 0 Å². The fraction of sp³-hybridized carbons (Fsp3) is 0.600. The molecule has 0 spiro atoms. The number of aliphatic hydroxyl groups is 2. The number of ketones is 1. The lowest BCUT2D eigenvalue weighted by Crippen LogP contribution is -2.58. The molecule has 2 aromatic rings. The summed E-state index contributed by atoms with van der Waals surface area (Å²) in [6.07, 6.45) is -0.578. The Morgan fingerprint density at radius 3 is 1.88 bits per heavy atom. The van der Waals surface area contributed by atoms with Crippen LogP contribution in [0.25, 0.3) is 0 Å². The number of esters is 1. The van der Waals surface area contributed by atoms with Crippen molar-refractivity contribution in [2.75, 3.05) is 21.1 Å². The zero-order valence-electron chi connectivity index (χ0n) is 31.7. The molecule has 8 atom stereocenters. The highest BCUT2D eigenvalue weighted by molar-refractivity contribution is 5.94. The van der Waals surface area contributed by atoms with E-state index in [-0.39, 0.29) is 18.2 Å². The average Bonchev–Trinajstić information content (AvgIpc) is 3.07. The van der Waals surface area contributed by atoms with Gasteiger partial charge in [0.05, 0.1) is 30.7 Å². The number of hydrogen-bond acceptors (Lipinski definition) is 9. The number of carbonyl (C=O) groups is 4. The van der Waals surface area contributed by atoms with E-state index >= 15 is 0 Å². The van der Waals surface area contributed by atoms with Crippen molar-refractivity contribution in [2.24, 2.45) is 11.8 Å². The quantitative estimate of drug-likeness (QED) is 0.121. The molecular weight excluding hydrogens is 650 g/mol. The van der Waals surface area contributed by atoms with Gasteiger partial charge in [-0.3, -0.25) is 14.5 Å². The minimum atomic E-state index is -2.39. The first kappa shape index (κ1) is 43.5. The summed E-state index contributed by atoms with van der Waals surface area (Å²) < 4.78 is 5.93. The number of aliphatic hydroxyl groups excluding tert-OH is 2. The summed E-state index contributed by atoms with van der Waals surface area (Å²) in [5.74, 6) is -3.94. The lowest BCUT2D eigenvalue weighted by molar-refractivity contribution is -0.189. The van der Waals surface area contributed by atoms with Crippen LogP contribution in [0, 0.1) is 11.8 Å². The highest BCUT2D eigenvalue weighted by atomic mass is 16.6. The molecule has 0 saturated heterocycles. The molecule has 11 nitrogen and oxygen atoms in total. The molecule has 4 N–H and O–H groups in total. The number of nitrogens with one attached hydrogen (secondary N) is 1. The Morgan fingerprint density at radius 1 is 0.824 bits per heavy atom. The fourth-order valence-electron chi connectivity index (χ4n) is 6.79. The zero-order chi connectivity index (χ0) is 38.3. The molecule has 0 aliphatic carbocycles. The van der Waals surface area contributed by atoms with Gasteiger partial charge in [-0.05, 0) is 70.2 Å². The predicted octanol–water partition coefficient (Wildman–Crippen LogP) is 4.47. The van der Waals surface area contributed by atoms with Crippen molar-refractivity contribution in [3.05, 3.63) is 71.8 Å². The molecule has 2 rings (SSSR count).